The molecule has 6 aromatic carbocycles. The summed E-state index contributed by atoms with van der Waals surface area (Å²) in [6.45, 7) is 6.44. The molecule has 224 valence electrons. The number of nitrogens with zero attached hydrogens (tertiary/aromatic N) is 1. The second-order valence-electron chi connectivity index (χ2n) is 11.7. The van der Waals surface area contributed by atoms with Crippen LogP contribution in [0.1, 0.15) is 50.1 Å². The first-order valence-corrected chi connectivity index (χ1v) is 15.8. The van der Waals surface area contributed by atoms with Gasteiger partial charge in [-0.2, -0.15) is 0 Å². The van der Waals surface area contributed by atoms with Gasteiger partial charge in [0.1, 0.15) is 0 Å². The largest absolute Gasteiger partial charge is 0.311 e. The van der Waals surface area contributed by atoms with Gasteiger partial charge < -0.3 is 4.90 Å². The molecule has 0 saturated carbocycles. The molecule has 0 aromatic heterocycles. The van der Waals surface area contributed by atoms with Gasteiger partial charge in [-0.1, -0.05) is 146 Å². The molecule has 6 aromatic rings. The average Bonchev–Trinajstić information content (AvgIpc) is 3.09. The molecule has 0 spiro atoms. The van der Waals surface area contributed by atoms with Crippen LogP contribution in [0, 0.1) is 20.8 Å². The highest BCUT2D eigenvalue weighted by molar-refractivity contribution is 5.81. The summed E-state index contributed by atoms with van der Waals surface area (Å²) in [5, 5.41) is 0. The summed E-state index contributed by atoms with van der Waals surface area (Å²) >= 11 is 0. The molecule has 0 amide bonds. The fourth-order valence-electron chi connectivity index (χ4n) is 5.53. The molecule has 0 fully saturated rings. The zero-order valence-electron chi connectivity index (χ0n) is 26.8. The molecule has 0 saturated heterocycles. The Morgan fingerprint density at radius 3 is 0.826 bits per heavy atom. The van der Waals surface area contributed by atoms with E-state index < -0.39 is 0 Å². The molecule has 0 radical (unpaired) electrons. The van der Waals surface area contributed by atoms with Crippen LogP contribution in [0.25, 0.3) is 36.5 Å². The molecule has 46 heavy (non-hydrogen) atoms. The highest BCUT2D eigenvalue weighted by Crippen LogP contribution is 2.35. The fraction of sp³-hybridized carbons (Fsp3) is 0.0667. The lowest BCUT2D eigenvalue weighted by molar-refractivity contribution is 1.28. The summed E-state index contributed by atoms with van der Waals surface area (Å²) in [6.07, 6.45) is 13.1. The molecule has 0 unspecified atom stereocenters. The van der Waals surface area contributed by atoms with Crippen molar-refractivity contribution in [2.75, 3.05) is 4.90 Å². The standard InChI is InChI=1S/C45H39N/c1-34-10-4-7-13-40(34)25-16-37-19-28-43(29-20-37)46(44-30-21-38(22-31-44)17-26-41-14-8-5-11-35(41)2)45-32-23-39(24-33-45)18-27-42-15-9-6-12-36(42)3/h4-33H,1-3H3/b25-16+,26-17+,27-18+. The van der Waals surface area contributed by atoms with Crippen LogP contribution in [0.2, 0.25) is 0 Å². The van der Waals surface area contributed by atoms with E-state index in [9.17, 15) is 0 Å². The third kappa shape index (κ3) is 7.52. The SMILES string of the molecule is Cc1ccccc1/C=C/c1ccc(N(c2ccc(/C=C/c3ccccc3C)cc2)c2ccc(/C=C/c3ccccc3C)cc2)cc1. The van der Waals surface area contributed by atoms with Crippen molar-refractivity contribution in [3.8, 4) is 0 Å². The molecule has 0 bridgehead atoms. The van der Waals surface area contributed by atoms with Crippen molar-refractivity contribution in [2.45, 2.75) is 20.8 Å². The summed E-state index contributed by atoms with van der Waals surface area (Å²) in [4.78, 5) is 2.32. The van der Waals surface area contributed by atoms with Crippen LogP contribution in [0.15, 0.2) is 146 Å². The van der Waals surface area contributed by atoms with Crippen molar-refractivity contribution in [3.05, 3.63) is 196 Å². The van der Waals surface area contributed by atoms with Crippen LogP contribution < -0.4 is 4.90 Å². The topological polar surface area (TPSA) is 3.24 Å². The molecule has 0 aliphatic heterocycles. The third-order valence-electron chi connectivity index (χ3n) is 8.39. The second kappa shape index (κ2) is 14.4. The Kier molecular flexibility index (Phi) is 9.52. The van der Waals surface area contributed by atoms with Crippen molar-refractivity contribution < 1.29 is 0 Å². The third-order valence-corrected chi connectivity index (χ3v) is 8.39. The summed E-state index contributed by atoms with van der Waals surface area (Å²) in [6, 6.07) is 51.8. The van der Waals surface area contributed by atoms with Gasteiger partial charge in [0.2, 0.25) is 0 Å². The Morgan fingerprint density at radius 2 is 0.565 bits per heavy atom. The average molecular weight is 594 g/mol. The number of benzene rings is 6. The zero-order chi connectivity index (χ0) is 31.7. The van der Waals surface area contributed by atoms with Crippen molar-refractivity contribution in [3.63, 3.8) is 0 Å². The van der Waals surface area contributed by atoms with E-state index in [0.717, 1.165) is 17.1 Å². The lowest BCUT2D eigenvalue weighted by Gasteiger charge is -2.26. The van der Waals surface area contributed by atoms with Crippen LogP contribution >= 0.6 is 0 Å². The highest BCUT2D eigenvalue weighted by atomic mass is 15.1. The van der Waals surface area contributed by atoms with Gasteiger partial charge in [0, 0.05) is 17.1 Å². The summed E-state index contributed by atoms with van der Waals surface area (Å²) in [5.41, 5.74) is 14.4. The van der Waals surface area contributed by atoms with Crippen molar-refractivity contribution in [2.24, 2.45) is 0 Å². The number of rotatable bonds is 9. The lowest BCUT2D eigenvalue weighted by atomic mass is 10.1. The Hall–Kier alpha value is -5.66. The molecule has 1 heteroatoms. The first kappa shape index (κ1) is 30.4. The van der Waals surface area contributed by atoms with E-state index in [0.29, 0.717) is 0 Å². The highest BCUT2D eigenvalue weighted by Gasteiger charge is 2.12. The summed E-state index contributed by atoms with van der Waals surface area (Å²) < 4.78 is 0. The summed E-state index contributed by atoms with van der Waals surface area (Å²) in [7, 11) is 0. The minimum Gasteiger partial charge on any atom is -0.311 e. The minimum absolute atomic E-state index is 1.11. The molecule has 0 aliphatic rings. The Morgan fingerprint density at radius 1 is 0.304 bits per heavy atom. The van der Waals surface area contributed by atoms with E-state index in [4.69, 9.17) is 0 Å². The van der Waals surface area contributed by atoms with Crippen LogP contribution in [0.4, 0.5) is 17.1 Å². The molecule has 1 nitrogen and oxygen atoms in total. The number of hydrogen-bond acceptors (Lipinski definition) is 1. The Labute approximate surface area is 274 Å². The molecular weight excluding hydrogens is 555 g/mol. The van der Waals surface area contributed by atoms with E-state index in [1.54, 1.807) is 0 Å². The van der Waals surface area contributed by atoms with E-state index in [1.807, 2.05) is 0 Å². The van der Waals surface area contributed by atoms with Gasteiger partial charge in [0.15, 0.2) is 0 Å². The molecule has 0 aliphatic carbocycles. The van der Waals surface area contributed by atoms with Gasteiger partial charge in [-0.05, 0) is 107 Å². The number of anilines is 3. The maximum Gasteiger partial charge on any atom is 0.0462 e. The van der Waals surface area contributed by atoms with E-state index in [2.05, 4.69) is 208 Å². The van der Waals surface area contributed by atoms with Crippen LogP contribution in [0.5, 0.6) is 0 Å². The van der Waals surface area contributed by atoms with Crippen LogP contribution in [-0.2, 0) is 0 Å². The monoisotopic (exact) mass is 593 g/mol. The summed E-state index contributed by atoms with van der Waals surface area (Å²) in [5.74, 6) is 0. The molecule has 0 N–H and O–H groups in total. The maximum absolute atomic E-state index is 2.32. The van der Waals surface area contributed by atoms with Gasteiger partial charge in [-0.15, -0.1) is 0 Å². The molecule has 6 rings (SSSR count). The lowest BCUT2D eigenvalue weighted by Crippen LogP contribution is -2.09. The molecule has 0 heterocycles. The maximum atomic E-state index is 2.32. The first-order chi connectivity index (χ1) is 22.5. The molecule has 0 atom stereocenters. The van der Waals surface area contributed by atoms with Crippen molar-refractivity contribution >= 4 is 53.5 Å². The van der Waals surface area contributed by atoms with Crippen molar-refractivity contribution in [1.82, 2.24) is 0 Å². The number of hydrogen-bond donors (Lipinski definition) is 0. The van der Waals surface area contributed by atoms with Crippen LogP contribution in [0.3, 0.4) is 0 Å². The van der Waals surface area contributed by atoms with Gasteiger partial charge >= 0.3 is 0 Å². The normalized spacial score (nSPS) is 11.5. The minimum atomic E-state index is 1.11. The van der Waals surface area contributed by atoms with Crippen LogP contribution in [-0.4, -0.2) is 0 Å². The van der Waals surface area contributed by atoms with Gasteiger partial charge in [-0.25, -0.2) is 0 Å². The molecular formula is C45H39N. The second-order valence-corrected chi connectivity index (χ2v) is 11.7. The fourth-order valence-corrected chi connectivity index (χ4v) is 5.53. The number of aryl methyl sites for hydroxylation is 3. The Balaban J connectivity index is 1.29. The smallest absolute Gasteiger partial charge is 0.0462 e. The van der Waals surface area contributed by atoms with Gasteiger partial charge in [0.25, 0.3) is 0 Å². The predicted octanol–water partition coefficient (Wildman–Crippen LogP) is 12.6. The predicted molar refractivity (Wildman–Crippen MR) is 201 cm³/mol. The van der Waals surface area contributed by atoms with Crippen molar-refractivity contribution in [1.29, 1.82) is 0 Å². The van der Waals surface area contributed by atoms with Gasteiger partial charge in [0.05, 0.1) is 0 Å². The first-order valence-electron chi connectivity index (χ1n) is 15.8. The van der Waals surface area contributed by atoms with E-state index in [-0.39, 0.29) is 0 Å². The van der Waals surface area contributed by atoms with E-state index >= 15 is 0 Å². The van der Waals surface area contributed by atoms with E-state index in [1.165, 1.54) is 50.1 Å². The Bertz CT molecular complexity index is 1750. The quantitative estimate of drug-likeness (QED) is 0.151. The van der Waals surface area contributed by atoms with Gasteiger partial charge in [-0.3, -0.25) is 0 Å². The zero-order valence-corrected chi connectivity index (χ0v) is 26.8.